The summed E-state index contributed by atoms with van der Waals surface area (Å²) < 4.78 is 6.39. The van der Waals surface area contributed by atoms with E-state index >= 15 is 0 Å². The second kappa shape index (κ2) is 9.46. The first-order valence-electron chi connectivity index (χ1n) is 5.71. The molecule has 19 heavy (non-hydrogen) atoms. The van der Waals surface area contributed by atoms with Gasteiger partial charge in [-0.05, 0) is 13.0 Å². The number of aromatic nitrogens is 1. The van der Waals surface area contributed by atoms with Crippen LogP contribution in [0.25, 0.3) is 0 Å². The highest BCUT2D eigenvalue weighted by atomic mass is 79.9. The van der Waals surface area contributed by atoms with E-state index in [0.29, 0.717) is 12.2 Å². The minimum atomic E-state index is -0.351. The predicted molar refractivity (Wildman–Crippen MR) is 62.7 cm³/mol. The van der Waals surface area contributed by atoms with Crippen molar-refractivity contribution in [1.29, 1.82) is 0 Å². The summed E-state index contributed by atoms with van der Waals surface area (Å²) in [6.07, 6.45) is 3.24. The van der Waals surface area contributed by atoms with Crippen LogP contribution >= 0.6 is 0 Å². The summed E-state index contributed by atoms with van der Waals surface area (Å²) in [7, 11) is 0. The Balaban J connectivity index is 0.00000324. The van der Waals surface area contributed by atoms with Gasteiger partial charge in [-0.3, -0.25) is 4.79 Å². The highest BCUT2D eigenvalue weighted by Gasteiger charge is 2.13. The highest BCUT2D eigenvalue weighted by Crippen LogP contribution is 1.94. The first-order valence-corrected chi connectivity index (χ1v) is 5.71. The van der Waals surface area contributed by atoms with Crippen LogP contribution in [0.1, 0.15) is 17.3 Å². The number of nitrogens with zero attached hydrogens (tertiary/aromatic N) is 1. The molecule has 1 amide bonds. The number of aliphatic hydroxyl groups excluding tert-OH is 1. The summed E-state index contributed by atoms with van der Waals surface area (Å²) in [6, 6.07) is 3.31. The number of esters is 1. The standard InChI is InChI=1S/C12H16N2O4.BrH/c1-2-18-11(16)9-14-6-3-4-10(8-14)12(17)13-5-7-15;/h3-4,6,8,15H,2,5,7,9H2,1H3;1H. The number of ether oxygens (including phenoxy) is 1. The minimum absolute atomic E-state index is 0. The third kappa shape index (κ3) is 6.30. The molecule has 1 aromatic rings. The van der Waals surface area contributed by atoms with Crippen LogP contribution in [0.2, 0.25) is 0 Å². The van der Waals surface area contributed by atoms with Crippen molar-refractivity contribution in [1.82, 2.24) is 5.32 Å². The molecule has 106 valence electrons. The Hall–Kier alpha value is -1.47. The number of halogens is 1. The molecule has 0 spiro atoms. The summed E-state index contributed by atoms with van der Waals surface area (Å²) in [5.41, 5.74) is 0.426. The molecule has 2 N–H and O–H groups in total. The van der Waals surface area contributed by atoms with Crippen LogP contribution in [0.3, 0.4) is 0 Å². The van der Waals surface area contributed by atoms with Gasteiger partial charge in [-0.25, -0.2) is 4.79 Å². The third-order valence-corrected chi connectivity index (χ3v) is 2.13. The molecule has 0 atom stereocenters. The van der Waals surface area contributed by atoms with E-state index in [9.17, 15) is 9.59 Å². The van der Waals surface area contributed by atoms with E-state index in [0.717, 1.165) is 0 Å². The maximum Gasteiger partial charge on any atom is 0.372 e. The van der Waals surface area contributed by atoms with Crippen molar-refractivity contribution in [3.63, 3.8) is 0 Å². The van der Waals surface area contributed by atoms with E-state index in [2.05, 4.69) is 5.32 Å². The van der Waals surface area contributed by atoms with Crippen molar-refractivity contribution in [3.8, 4) is 0 Å². The maximum atomic E-state index is 11.6. The lowest BCUT2D eigenvalue weighted by Crippen LogP contribution is -3.00. The Labute approximate surface area is 122 Å². The molecule has 0 aliphatic carbocycles. The van der Waals surface area contributed by atoms with Crippen LogP contribution in [0.4, 0.5) is 0 Å². The van der Waals surface area contributed by atoms with E-state index in [1.807, 2.05) is 0 Å². The molecule has 7 heteroatoms. The number of carbonyl (C=O) groups is 2. The first kappa shape index (κ1) is 17.5. The third-order valence-electron chi connectivity index (χ3n) is 2.13. The maximum absolute atomic E-state index is 11.6. The number of amides is 1. The van der Waals surface area contributed by atoms with Gasteiger partial charge in [-0.15, -0.1) is 0 Å². The summed E-state index contributed by atoms with van der Waals surface area (Å²) in [5, 5.41) is 11.1. The van der Waals surface area contributed by atoms with Crippen molar-refractivity contribution < 1.29 is 41.0 Å². The van der Waals surface area contributed by atoms with E-state index in [1.54, 1.807) is 36.0 Å². The molecule has 6 nitrogen and oxygen atoms in total. The summed E-state index contributed by atoms with van der Waals surface area (Å²) >= 11 is 0. The van der Waals surface area contributed by atoms with Gasteiger partial charge in [0, 0.05) is 12.6 Å². The van der Waals surface area contributed by atoms with Gasteiger partial charge in [-0.1, -0.05) is 0 Å². The second-order valence-corrected chi connectivity index (χ2v) is 3.55. The molecular formula is C12H17BrN2O4. The van der Waals surface area contributed by atoms with Crippen LogP contribution in [-0.4, -0.2) is 36.7 Å². The van der Waals surface area contributed by atoms with E-state index < -0.39 is 0 Å². The lowest BCUT2D eigenvalue weighted by atomic mass is 10.2. The van der Waals surface area contributed by atoms with Crippen molar-refractivity contribution in [2.75, 3.05) is 19.8 Å². The Kier molecular flexibility index (Phi) is 8.73. The van der Waals surface area contributed by atoms with Gasteiger partial charge < -0.3 is 32.1 Å². The average Bonchev–Trinajstić information content (AvgIpc) is 2.36. The van der Waals surface area contributed by atoms with Crippen molar-refractivity contribution in [2.24, 2.45) is 0 Å². The number of carbonyl (C=O) groups excluding carboxylic acids is 2. The van der Waals surface area contributed by atoms with Gasteiger partial charge in [0.25, 0.3) is 5.91 Å². The van der Waals surface area contributed by atoms with Crippen molar-refractivity contribution >= 4 is 11.9 Å². The fraction of sp³-hybridized carbons (Fsp3) is 0.417. The zero-order valence-corrected chi connectivity index (χ0v) is 12.2. The normalized spacial score (nSPS) is 9.37. The molecule has 0 fully saturated rings. The van der Waals surface area contributed by atoms with Crippen molar-refractivity contribution in [3.05, 3.63) is 30.1 Å². The summed E-state index contributed by atoms with van der Waals surface area (Å²) in [5.74, 6) is -0.641. The van der Waals surface area contributed by atoms with Crippen LogP contribution in [0, 0.1) is 0 Å². The van der Waals surface area contributed by atoms with Crippen LogP contribution in [0.15, 0.2) is 24.5 Å². The number of aliphatic hydroxyl groups is 1. The average molecular weight is 333 g/mol. The van der Waals surface area contributed by atoms with Crippen LogP contribution in [-0.2, 0) is 16.1 Å². The van der Waals surface area contributed by atoms with Gasteiger partial charge in [0.2, 0.25) is 6.54 Å². The lowest BCUT2D eigenvalue weighted by molar-refractivity contribution is -0.686. The lowest BCUT2D eigenvalue weighted by Gasteiger charge is -2.02. The van der Waals surface area contributed by atoms with Gasteiger partial charge in [0.1, 0.15) is 5.56 Å². The molecule has 1 heterocycles. The highest BCUT2D eigenvalue weighted by molar-refractivity contribution is 5.93. The Morgan fingerprint density at radius 1 is 1.47 bits per heavy atom. The molecule has 0 bridgehead atoms. The number of nitrogens with one attached hydrogen (secondary N) is 1. The van der Waals surface area contributed by atoms with E-state index in [4.69, 9.17) is 9.84 Å². The van der Waals surface area contributed by atoms with Gasteiger partial charge in [0.15, 0.2) is 12.4 Å². The monoisotopic (exact) mass is 332 g/mol. The first-order chi connectivity index (χ1) is 8.67. The fourth-order valence-electron chi connectivity index (χ4n) is 1.38. The summed E-state index contributed by atoms with van der Waals surface area (Å²) in [6.45, 7) is 2.22. The van der Waals surface area contributed by atoms with Crippen LogP contribution in [0.5, 0.6) is 0 Å². The summed E-state index contributed by atoms with van der Waals surface area (Å²) in [4.78, 5) is 22.9. The quantitative estimate of drug-likeness (QED) is 0.414. The fourth-order valence-corrected chi connectivity index (χ4v) is 1.38. The van der Waals surface area contributed by atoms with Gasteiger partial charge in [0.05, 0.1) is 13.2 Å². The molecule has 0 unspecified atom stereocenters. The van der Waals surface area contributed by atoms with Crippen LogP contribution < -0.4 is 26.9 Å². The van der Waals surface area contributed by atoms with E-state index in [-0.39, 0.29) is 48.6 Å². The molecule has 0 saturated carbocycles. The number of hydrogen-bond donors (Lipinski definition) is 2. The van der Waals surface area contributed by atoms with Gasteiger partial charge >= 0.3 is 5.97 Å². The smallest absolute Gasteiger partial charge is 0.372 e. The molecule has 0 aromatic carbocycles. The second-order valence-electron chi connectivity index (χ2n) is 3.55. The zero-order chi connectivity index (χ0) is 13.4. The topological polar surface area (TPSA) is 79.5 Å². The molecule has 0 radical (unpaired) electrons. The SMILES string of the molecule is CCOC(=O)C[n+]1cccc(C(=O)NCCO)c1.[Br-]. The number of rotatable bonds is 6. The molecule has 0 saturated heterocycles. The minimum Gasteiger partial charge on any atom is -1.00 e. The largest absolute Gasteiger partial charge is 1.00 e. The molecule has 1 aromatic heterocycles. The van der Waals surface area contributed by atoms with Gasteiger partial charge in [-0.2, -0.15) is 4.57 Å². The zero-order valence-electron chi connectivity index (χ0n) is 10.6. The van der Waals surface area contributed by atoms with E-state index in [1.165, 1.54) is 0 Å². The molecule has 0 aliphatic rings. The Bertz CT molecular complexity index is 426. The Morgan fingerprint density at radius 3 is 2.84 bits per heavy atom. The molecular weight excluding hydrogens is 316 g/mol. The number of hydrogen-bond acceptors (Lipinski definition) is 4. The molecule has 0 aliphatic heterocycles. The number of pyridine rings is 1. The predicted octanol–water partition coefficient (Wildman–Crippen LogP) is -3.74. The van der Waals surface area contributed by atoms with Crippen molar-refractivity contribution in [2.45, 2.75) is 13.5 Å². The Morgan fingerprint density at radius 2 is 2.21 bits per heavy atom. The molecule has 1 rings (SSSR count).